The number of carboxylic acids is 3. The minimum atomic E-state index is -2.22. The van der Waals surface area contributed by atoms with Gasteiger partial charge in [-0.05, 0) is 227 Å². The molecule has 46 heteroatoms. The lowest BCUT2D eigenvalue weighted by Crippen LogP contribution is -2.66. The van der Waals surface area contributed by atoms with E-state index in [0.717, 1.165) is 15.0 Å². The molecule has 0 aliphatic carbocycles. The maximum absolute atomic E-state index is 16.1. The number of carbonyl (C=O) groups is 21. The molecule has 3 spiro atoms. The number of nitrogens with one attached hydrogen (secondary N) is 15. The van der Waals surface area contributed by atoms with Crippen LogP contribution in [0, 0.1) is 5.41 Å². The molecular weight excluding hydrogens is 1950 g/mol. The van der Waals surface area contributed by atoms with Crippen LogP contribution >= 0.6 is 34.0 Å². The minimum absolute atomic E-state index is 0.00142. The van der Waals surface area contributed by atoms with E-state index in [2.05, 4.69) is 79.8 Å². The van der Waals surface area contributed by atoms with E-state index in [-0.39, 0.29) is 159 Å². The number of benzene rings is 2. The van der Waals surface area contributed by atoms with Crippen molar-refractivity contribution in [3.8, 4) is 0 Å². The van der Waals surface area contributed by atoms with E-state index in [1.54, 1.807) is 90.2 Å². The second kappa shape index (κ2) is 52.1. The fourth-order valence-corrected chi connectivity index (χ4v) is 20.5. The summed E-state index contributed by atoms with van der Waals surface area (Å²) in [6.45, 7) is 10.2. The number of amides is 18. The first-order chi connectivity index (χ1) is 69.2. The summed E-state index contributed by atoms with van der Waals surface area (Å²) in [6, 6.07) is -2.68. The van der Waals surface area contributed by atoms with Crippen molar-refractivity contribution in [1.29, 1.82) is 0 Å². The Labute approximate surface area is 855 Å². The molecule has 3 fully saturated rings. The summed E-state index contributed by atoms with van der Waals surface area (Å²) < 4.78 is 6.71. The topological polar surface area (TPSA) is 641 Å². The molecule has 14 atom stereocenters. The van der Waals surface area contributed by atoms with Gasteiger partial charge in [0.15, 0.2) is 0 Å². The van der Waals surface area contributed by atoms with Crippen molar-refractivity contribution in [3.05, 3.63) is 140 Å². The van der Waals surface area contributed by atoms with Gasteiger partial charge in [0.1, 0.15) is 88.6 Å². The van der Waals surface area contributed by atoms with Gasteiger partial charge in [-0.2, -0.15) is 22.7 Å². The van der Waals surface area contributed by atoms with Crippen molar-refractivity contribution in [2.75, 3.05) is 32.8 Å². The second-order valence-electron chi connectivity index (χ2n) is 39.4. The van der Waals surface area contributed by atoms with Crippen LogP contribution in [0.3, 0.4) is 0 Å². The summed E-state index contributed by atoms with van der Waals surface area (Å²) in [6.07, 6.45) is 0.897. The van der Waals surface area contributed by atoms with Gasteiger partial charge in [0.05, 0.1) is 31.6 Å². The number of aliphatic carboxylic acids is 2. The lowest BCUT2D eigenvalue weighted by Gasteiger charge is -2.38. The summed E-state index contributed by atoms with van der Waals surface area (Å²) in [5.74, 6) is -21.3. The van der Waals surface area contributed by atoms with Gasteiger partial charge in [0.2, 0.25) is 100 Å². The van der Waals surface area contributed by atoms with E-state index in [0.29, 0.717) is 23.1 Å². The highest BCUT2D eigenvalue weighted by molar-refractivity contribution is 7.17. The standard InChI is InChI=1S/C100H132N18O25S3/c1-57(79(101)125)103-81(127)67-30-31-76(120)102-39-21-17-28-66-87(133)116-99(93(140)111-69(48-62-33-44-145-54-62)83(129)109-71(84(130)106-67)49-64-55-146-75-29-16-15-27-65(64)75)38-41-117(56-99)95(142)143-42-22-14-10-9-11-18-34-98(35-19-12-13-20-36-100(37-24-40-118(100)59(3)119)94(141)113-73(51-78(123)124)86(132)110-74(89(135)115-98)52-96(4,5)6)92(139)112-72(50-77(121)122)85(131)108-70(46-60-25-23-26-63(45-60)90(136)137)88(134)114-97(7,8)91(138)104-58(2)80(126)107-68(82(128)105-66)47-61-32-43-144-53-61/h9-10,13,15-16,20,23,25-27,29,32-33,43-45,53-55,57-58,66-74H,11-12,14,17-19,21-22,24,28,30-31,34-42,46-52,56H2,1-8H3,(H2,101,125)(H,102,120)(H,103,127)(H,104,138)(H,105,128)(H,106,130)(H,107,126)(H,108,131)(H,109,129)(H,110,132)(H,111,140)(H,112,139)(H,113,141)(H,114,134)(H,115,135)(H,116,133)(H,121,122)(H,123,124)(H,136,137)/b10-9+,20-13+/t57-,58-,66-,67-,68-,69-,70-,71-,72-,73-,74-,98?,99-,100-/m0/s1. The van der Waals surface area contributed by atoms with Crippen LogP contribution in [-0.2, 0) is 122 Å². The van der Waals surface area contributed by atoms with Crippen LogP contribution in [0.2, 0.25) is 0 Å². The number of allylic oxidation sites excluding steroid dienone is 3. The molecule has 790 valence electrons. The molecule has 5 aliphatic heterocycles. The van der Waals surface area contributed by atoms with Crippen LogP contribution in [0.15, 0.2) is 112 Å². The van der Waals surface area contributed by atoms with Crippen molar-refractivity contribution in [2.24, 2.45) is 11.1 Å². The molecule has 8 heterocycles. The third-order valence-electron chi connectivity index (χ3n) is 26.2. The molecule has 0 saturated carbocycles. The highest BCUT2D eigenvalue weighted by Crippen LogP contribution is 2.36. The van der Waals surface area contributed by atoms with Crippen LogP contribution in [-0.4, -0.2) is 271 Å². The number of nitrogens with zero attached hydrogens (tertiary/aromatic N) is 2. The van der Waals surface area contributed by atoms with Gasteiger partial charge in [-0.1, -0.05) is 75.4 Å². The minimum Gasteiger partial charge on any atom is -0.481 e. The van der Waals surface area contributed by atoms with E-state index in [9.17, 15) is 72.9 Å². The first-order valence-electron chi connectivity index (χ1n) is 48.8. The molecule has 10 rings (SSSR count). The predicted octanol–water partition coefficient (Wildman–Crippen LogP) is 2.80. The Morgan fingerprint density at radius 2 is 1.09 bits per heavy atom. The van der Waals surface area contributed by atoms with Crippen LogP contribution in [0.4, 0.5) is 4.79 Å². The number of carboxylic acid groups (broad SMARTS) is 3. The molecule has 20 N–H and O–H groups in total. The molecule has 43 nitrogen and oxygen atoms in total. The number of aromatic carboxylic acids is 1. The Balaban J connectivity index is 1.04. The number of primary amides is 1. The molecule has 3 aromatic heterocycles. The fourth-order valence-electron chi connectivity index (χ4n) is 18.1. The first kappa shape index (κ1) is 114. The number of rotatable bonds is 17. The molecule has 18 amide bonds. The SMILES string of the molecule is CC(=O)N1CCC[C@]12C/C=C/CCCC1(CCC/C=C/CCCOC(=O)N3CC[C@@]4(C3)NC(=O)[C@H](CCCCNC(=O)CC[C@@H](C(=O)N[C@@H](C)C(N)=O)NC(=O)[C@H](Cc3csc5ccccc35)NC(=O)[C@H](Cc3ccsc3)NC4=O)NC(=O)[C@H](Cc3ccsc3)NC(=O)[C@H](C)NC(=O)C(C)(C)NC(=O)[C@H](Cc3cccc(C(=O)O)c3)NC(=O)[C@H](CC(=O)O)NC1=O)NC(=O)[C@H](CC(C)(C)C)NC(=O)[C@H](CC(=O)O)NC2=O. The first-order valence-corrected chi connectivity index (χ1v) is 51.5. The van der Waals surface area contributed by atoms with Crippen molar-refractivity contribution < 1.29 is 121 Å². The smallest absolute Gasteiger partial charge is 0.409 e. The number of likely N-dealkylation sites (tertiary alicyclic amines) is 1. The van der Waals surface area contributed by atoms with Crippen LogP contribution in [0.5, 0.6) is 0 Å². The van der Waals surface area contributed by atoms with E-state index in [4.69, 9.17) is 10.5 Å². The number of nitrogens with two attached hydrogens (primary N) is 1. The highest BCUT2D eigenvalue weighted by Gasteiger charge is 2.53. The number of cyclic esters (lactones) is 1. The summed E-state index contributed by atoms with van der Waals surface area (Å²) >= 11 is 3.84. The number of carbonyl (C=O) groups excluding carboxylic acids is 18. The van der Waals surface area contributed by atoms with E-state index >= 15 is 43.2 Å². The van der Waals surface area contributed by atoms with Crippen molar-refractivity contribution >= 4 is 169 Å². The van der Waals surface area contributed by atoms with E-state index in [1.807, 2.05) is 18.2 Å². The van der Waals surface area contributed by atoms with Crippen LogP contribution in [0.25, 0.3) is 10.1 Å². The van der Waals surface area contributed by atoms with Gasteiger partial charge < -0.3 is 115 Å². The molecule has 3 saturated heterocycles. The van der Waals surface area contributed by atoms with Crippen molar-refractivity contribution in [3.63, 3.8) is 0 Å². The van der Waals surface area contributed by atoms with E-state index < -0.39 is 251 Å². The zero-order valence-electron chi connectivity index (χ0n) is 82.8. The summed E-state index contributed by atoms with van der Waals surface area (Å²) in [5, 5.41) is 80.5. The van der Waals surface area contributed by atoms with Crippen molar-refractivity contribution in [1.82, 2.24) is 89.6 Å². The molecule has 0 radical (unpaired) electrons. The Kier molecular flexibility index (Phi) is 40.7. The lowest BCUT2D eigenvalue weighted by molar-refractivity contribution is -0.146. The predicted molar refractivity (Wildman–Crippen MR) is 536 cm³/mol. The number of hydrogen-bond donors (Lipinski definition) is 19. The number of hydrogen-bond acceptors (Lipinski definition) is 25. The van der Waals surface area contributed by atoms with Gasteiger partial charge in [0, 0.05) is 63.4 Å². The Bertz CT molecular complexity index is 5700. The van der Waals surface area contributed by atoms with Gasteiger partial charge in [-0.15, -0.1) is 11.3 Å². The highest BCUT2D eigenvalue weighted by atomic mass is 32.1. The Morgan fingerprint density at radius 1 is 0.534 bits per heavy atom. The molecule has 5 aliphatic rings. The zero-order chi connectivity index (χ0) is 107. The summed E-state index contributed by atoms with van der Waals surface area (Å²) in [4.78, 5) is 308. The number of ether oxygens (including phenoxy) is 1. The Hall–Kier alpha value is -14.0. The largest absolute Gasteiger partial charge is 0.481 e. The van der Waals surface area contributed by atoms with Gasteiger partial charge >= 0.3 is 24.0 Å². The third-order valence-corrected chi connectivity index (χ3v) is 28.7. The lowest BCUT2D eigenvalue weighted by atomic mass is 9.83. The van der Waals surface area contributed by atoms with Crippen LogP contribution < -0.4 is 85.5 Å². The maximum Gasteiger partial charge on any atom is 0.409 e. The molecule has 5 aromatic rings. The van der Waals surface area contributed by atoms with Gasteiger partial charge in [-0.25, -0.2) is 9.59 Å². The molecule has 1 unspecified atom stereocenters. The molecule has 3 bridgehead atoms. The normalized spacial score (nSPS) is 26.8. The van der Waals surface area contributed by atoms with Gasteiger partial charge in [-0.3, -0.25) is 91.1 Å². The fraction of sp³-hybridized carbons (Fsp3) is 0.530. The quantitative estimate of drug-likeness (QED) is 0.0595. The molecule has 146 heavy (non-hydrogen) atoms. The molecule has 2 aromatic carbocycles. The zero-order valence-corrected chi connectivity index (χ0v) is 85.3. The van der Waals surface area contributed by atoms with Crippen LogP contribution in [0.1, 0.15) is 216 Å². The second-order valence-corrected chi connectivity index (χ2v) is 41.9. The molecular formula is C100H132N18O25S3. The average molecular weight is 2080 g/mol. The average Bonchev–Trinajstić information content (AvgIpc) is 1.54. The maximum atomic E-state index is 16.1. The van der Waals surface area contributed by atoms with Crippen molar-refractivity contribution in [2.45, 2.75) is 298 Å². The third kappa shape index (κ3) is 32.2. The van der Waals surface area contributed by atoms with E-state index in [1.165, 1.54) is 97.8 Å². The number of thiophene rings is 3. The summed E-state index contributed by atoms with van der Waals surface area (Å²) in [7, 11) is 0. The summed E-state index contributed by atoms with van der Waals surface area (Å²) in [5.41, 5.74) is -2.06. The Morgan fingerprint density at radius 3 is 1.71 bits per heavy atom. The number of fused-ring (bicyclic) bond motifs is 4. The monoisotopic (exact) mass is 2080 g/mol. The van der Waals surface area contributed by atoms with Gasteiger partial charge in [0.25, 0.3) is 0 Å².